The molecule has 0 aliphatic rings. The molecule has 20 heavy (non-hydrogen) atoms. The third kappa shape index (κ3) is 3.58. The van der Waals surface area contributed by atoms with Gasteiger partial charge in [0.15, 0.2) is 0 Å². The van der Waals surface area contributed by atoms with Gasteiger partial charge in [-0.15, -0.1) is 0 Å². The fourth-order valence-electron chi connectivity index (χ4n) is 1.91. The van der Waals surface area contributed by atoms with E-state index in [9.17, 15) is 13.2 Å². The van der Waals surface area contributed by atoms with E-state index in [0.29, 0.717) is 5.56 Å². The summed E-state index contributed by atoms with van der Waals surface area (Å²) >= 11 is 0. The van der Waals surface area contributed by atoms with Crippen molar-refractivity contribution in [1.29, 1.82) is 0 Å². The van der Waals surface area contributed by atoms with Crippen LogP contribution in [0.1, 0.15) is 18.1 Å². The van der Waals surface area contributed by atoms with E-state index in [-0.39, 0.29) is 11.4 Å². The number of hydrogen-bond acceptors (Lipinski definition) is 4. The Labute approximate surface area is 120 Å². The molecule has 1 aromatic carbocycles. The number of aryl methyl sites for hydroxylation is 2. The van der Waals surface area contributed by atoms with Crippen molar-refractivity contribution in [2.45, 2.75) is 25.7 Å². The molecule has 1 rings (SSSR count). The molecule has 1 aromatic rings. The van der Waals surface area contributed by atoms with Gasteiger partial charge in [-0.3, -0.25) is 4.79 Å². The molecule has 1 atom stereocenters. The van der Waals surface area contributed by atoms with E-state index in [1.54, 1.807) is 26.0 Å². The number of benzene rings is 1. The summed E-state index contributed by atoms with van der Waals surface area (Å²) in [5.74, 6) is -0.932. The van der Waals surface area contributed by atoms with E-state index in [1.165, 1.54) is 18.5 Å². The van der Waals surface area contributed by atoms with Crippen molar-refractivity contribution >= 4 is 16.0 Å². The van der Waals surface area contributed by atoms with Crippen LogP contribution >= 0.6 is 0 Å². The van der Waals surface area contributed by atoms with Gasteiger partial charge in [0.05, 0.1) is 17.9 Å². The molecule has 0 spiro atoms. The first-order chi connectivity index (χ1) is 9.20. The first-order valence-electron chi connectivity index (χ1n) is 6.31. The molecule has 0 N–H and O–H groups in total. The Hall–Kier alpha value is -1.40. The Bertz CT molecular complexity index is 595. The number of nitrogens with zero attached hydrogens (tertiary/aromatic N) is 1. The summed E-state index contributed by atoms with van der Waals surface area (Å²) in [6.07, 6.45) is 0. The lowest BCUT2D eigenvalue weighted by atomic mass is 10.2. The Balaban J connectivity index is 3.04. The lowest BCUT2D eigenvalue weighted by molar-refractivity contribution is -0.144. The highest BCUT2D eigenvalue weighted by Gasteiger charge is 2.26. The van der Waals surface area contributed by atoms with Crippen LogP contribution in [0.25, 0.3) is 0 Å². The molecular weight excluding hydrogens is 278 g/mol. The first-order valence-corrected chi connectivity index (χ1v) is 7.75. The summed E-state index contributed by atoms with van der Waals surface area (Å²) in [7, 11) is -0.845. The zero-order valence-electron chi connectivity index (χ0n) is 12.5. The normalized spacial score (nSPS) is 13.3. The van der Waals surface area contributed by atoms with Crippen molar-refractivity contribution in [1.82, 2.24) is 4.31 Å². The van der Waals surface area contributed by atoms with Gasteiger partial charge < -0.3 is 4.74 Å². The molecule has 0 saturated carbocycles. The summed E-state index contributed by atoms with van der Waals surface area (Å²) in [5.41, 5.74) is 1.57. The molecule has 0 heterocycles. The van der Waals surface area contributed by atoms with E-state index in [0.717, 1.165) is 5.56 Å². The number of sulfonamides is 1. The molecule has 6 heteroatoms. The van der Waals surface area contributed by atoms with Gasteiger partial charge >= 0.3 is 5.97 Å². The third-order valence-corrected chi connectivity index (χ3v) is 5.13. The summed E-state index contributed by atoms with van der Waals surface area (Å²) in [6, 6.07) is 5.29. The topological polar surface area (TPSA) is 63.7 Å². The molecule has 0 aliphatic carbocycles. The molecule has 0 amide bonds. The highest BCUT2D eigenvalue weighted by atomic mass is 32.2. The van der Waals surface area contributed by atoms with Crippen LogP contribution in [-0.2, 0) is 19.6 Å². The summed E-state index contributed by atoms with van der Waals surface area (Å²) in [6.45, 7) is 5.32. The number of carbonyl (C=O) groups is 1. The number of esters is 1. The van der Waals surface area contributed by atoms with Crippen LogP contribution < -0.4 is 0 Å². The average Bonchev–Trinajstić information content (AvgIpc) is 2.40. The Morgan fingerprint density at radius 2 is 1.95 bits per heavy atom. The van der Waals surface area contributed by atoms with Gasteiger partial charge in [0.2, 0.25) is 10.0 Å². The molecule has 0 saturated heterocycles. The van der Waals surface area contributed by atoms with Crippen LogP contribution in [0.4, 0.5) is 0 Å². The molecule has 1 unspecified atom stereocenters. The number of hydrogen-bond donors (Lipinski definition) is 0. The quantitative estimate of drug-likeness (QED) is 0.777. The smallest absolute Gasteiger partial charge is 0.309 e. The minimum absolute atomic E-state index is 0.0857. The Morgan fingerprint density at radius 1 is 1.35 bits per heavy atom. The summed E-state index contributed by atoms with van der Waals surface area (Å²) in [5, 5.41) is 0. The standard InChI is InChI=1S/C14H21NO4S/c1-10-6-7-11(2)13(8-10)20(17,18)15(4)9-12(3)14(16)19-5/h6-8,12H,9H2,1-5H3. The number of rotatable bonds is 5. The zero-order valence-corrected chi connectivity index (χ0v) is 13.3. The zero-order chi connectivity index (χ0) is 15.5. The minimum atomic E-state index is -3.60. The van der Waals surface area contributed by atoms with E-state index >= 15 is 0 Å². The summed E-state index contributed by atoms with van der Waals surface area (Å²) < 4.78 is 30.9. The van der Waals surface area contributed by atoms with Crippen LogP contribution in [0.2, 0.25) is 0 Å². The van der Waals surface area contributed by atoms with Gasteiger partial charge in [0.1, 0.15) is 0 Å². The van der Waals surface area contributed by atoms with Crippen molar-refractivity contribution in [2.75, 3.05) is 20.7 Å². The van der Waals surface area contributed by atoms with Crippen LogP contribution in [0.3, 0.4) is 0 Å². The van der Waals surface area contributed by atoms with Crippen molar-refractivity contribution in [2.24, 2.45) is 5.92 Å². The highest BCUT2D eigenvalue weighted by molar-refractivity contribution is 7.89. The monoisotopic (exact) mass is 299 g/mol. The van der Waals surface area contributed by atoms with Crippen molar-refractivity contribution < 1.29 is 17.9 Å². The van der Waals surface area contributed by atoms with Crippen molar-refractivity contribution in [3.63, 3.8) is 0 Å². The lowest BCUT2D eigenvalue weighted by Crippen LogP contribution is -2.34. The van der Waals surface area contributed by atoms with Gasteiger partial charge in [0, 0.05) is 13.6 Å². The first kappa shape index (κ1) is 16.7. The molecule has 0 aromatic heterocycles. The number of ether oxygens (including phenoxy) is 1. The lowest BCUT2D eigenvalue weighted by Gasteiger charge is -2.21. The second kappa shape index (κ2) is 6.37. The van der Waals surface area contributed by atoms with Crippen LogP contribution in [0, 0.1) is 19.8 Å². The van der Waals surface area contributed by atoms with Gasteiger partial charge in [-0.1, -0.05) is 19.1 Å². The maximum Gasteiger partial charge on any atom is 0.309 e. The second-order valence-electron chi connectivity index (χ2n) is 4.98. The third-order valence-electron chi connectivity index (χ3n) is 3.17. The van der Waals surface area contributed by atoms with Gasteiger partial charge in [0.25, 0.3) is 0 Å². The fourth-order valence-corrected chi connectivity index (χ4v) is 3.48. The molecule has 0 aliphatic heterocycles. The largest absolute Gasteiger partial charge is 0.469 e. The molecule has 0 radical (unpaired) electrons. The van der Waals surface area contributed by atoms with Gasteiger partial charge in [-0.2, -0.15) is 0 Å². The molecule has 5 nitrogen and oxygen atoms in total. The maximum atomic E-state index is 12.5. The molecule has 0 bridgehead atoms. The van der Waals surface area contributed by atoms with Crippen LogP contribution in [0.5, 0.6) is 0 Å². The van der Waals surface area contributed by atoms with Crippen LogP contribution in [0.15, 0.2) is 23.1 Å². The Kier molecular flexibility index (Phi) is 5.30. The minimum Gasteiger partial charge on any atom is -0.469 e. The van der Waals surface area contributed by atoms with Crippen LogP contribution in [-0.4, -0.2) is 39.4 Å². The van der Waals surface area contributed by atoms with E-state index < -0.39 is 21.9 Å². The van der Waals surface area contributed by atoms with Crippen molar-refractivity contribution in [3.8, 4) is 0 Å². The van der Waals surface area contributed by atoms with Gasteiger partial charge in [-0.25, -0.2) is 12.7 Å². The predicted octanol–water partition coefficient (Wildman–Crippen LogP) is 1.73. The number of carbonyl (C=O) groups excluding carboxylic acids is 1. The second-order valence-corrected chi connectivity index (χ2v) is 6.99. The number of methoxy groups -OCH3 is 1. The van der Waals surface area contributed by atoms with E-state index in [2.05, 4.69) is 4.74 Å². The fraction of sp³-hybridized carbons (Fsp3) is 0.500. The summed E-state index contributed by atoms with van der Waals surface area (Å²) in [4.78, 5) is 11.7. The maximum absolute atomic E-state index is 12.5. The SMILES string of the molecule is COC(=O)C(C)CN(C)S(=O)(=O)c1cc(C)ccc1C. The Morgan fingerprint density at radius 3 is 2.50 bits per heavy atom. The highest BCUT2D eigenvalue weighted by Crippen LogP contribution is 2.21. The van der Waals surface area contributed by atoms with E-state index in [1.807, 2.05) is 13.0 Å². The van der Waals surface area contributed by atoms with Crippen molar-refractivity contribution in [3.05, 3.63) is 29.3 Å². The van der Waals surface area contributed by atoms with Gasteiger partial charge in [-0.05, 0) is 31.0 Å². The molecular formula is C14H21NO4S. The predicted molar refractivity (Wildman–Crippen MR) is 76.9 cm³/mol. The molecule has 0 fully saturated rings. The molecule has 112 valence electrons. The average molecular weight is 299 g/mol. The van der Waals surface area contributed by atoms with E-state index in [4.69, 9.17) is 0 Å².